The van der Waals surface area contributed by atoms with Crippen LogP contribution in [0.4, 0.5) is 4.79 Å². The van der Waals surface area contributed by atoms with Crippen molar-refractivity contribution in [2.75, 3.05) is 20.2 Å². The maximum absolute atomic E-state index is 10.8. The predicted octanol–water partition coefficient (Wildman–Crippen LogP) is 1.40. The number of carbonyl (C=O) groups excluding carboxylic acids is 1. The number of rotatable bonds is 5. The second-order valence-corrected chi connectivity index (χ2v) is 3.65. The van der Waals surface area contributed by atoms with Gasteiger partial charge in [-0.3, -0.25) is 0 Å². The lowest BCUT2D eigenvalue weighted by atomic mass is 10.1. The standard InChI is InChI=1S/C12H18N2O3/c1-9(10-5-3-4-6-11(10)15)13-7-8-14-12(16)17-2/h3-6,9,13,15H,7-8H2,1-2H3,(H,14,16). The van der Waals surface area contributed by atoms with Crippen molar-refractivity contribution in [3.8, 4) is 5.75 Å². The van der Waals surface area contributed by atoms with Gasteiger partial charge in [0.25, 0.3) is 0 Å². The summed E-state index contributed by atoms with van der Waals surface area (Å²) in [6.07, 6.45) is -0.443. The average Bonchev–Trinajstić information content (AvgIpc) is 2.34. The van der Waals surface area contributed by atoms with E-state index in [4.69, 9.17) is 0 Å². The fourth-order valence-electron chi connectivity index (χ4n) is 1.49. The lowest BCUT2D eigenvalue weighted by molar-refractivity contribution is 0.171. The van der Waals surface area contributed by atoms with Crippen LogP contribution in [0.15, 0.2) is 24.3 Å². The summed E-state index contributed by atoms with van der Waals surface area (Å²) in [5.74, 6) is 0.272. The van der Waals surface area contributed by atoms with Crippen LogP contribution in [-0.4, -0.2) is 31.4 Å². The first-order valence-corrected chi connectivity index (χ1v) is 5.48. The van der Waals surface area contributed by atoms with Crippen molar-refractivity contribution < 1.29 is 14.6 Å². The second kappa shape index (κ2) is 6.75. The number of amides is 1. The number of nitrogens with one attached hydrogen (secondary N) is 2. The maximum Gasteiger partial charge on any atom is 0.406 e. The lowest BCUT2D eigenvalue weighted by Crippen LogP contribution is -2.32. The fraction of sp³-hybridized carbons (Fsp3) is 0.417. The van der Waals surface area contributed by atoms with E-state index >= 15 is 0 Å². The summed E-state index contributed by atoms with van der Waals surface area (Å²) < 4.78 is 4.44. The zero-order valence-electron chi connectivity index (χ0n) is 10.1. The van der Waals surface area contributed by atoms with Crippen molar-refractivity contribution in [1.29, 1.82) is 0 Å². The average molecular weight is 238 g/mol. The smallest absolute Gasteiger partial charge is 0.406 e. The van der Waals surface area contributed by atoms with Crippen molar-refractivity contribution in [1.82, 2.24) is 10.6 Å². The van der Waals surface area contributed by atoms with Gasteiger partial charge in [0.2, 0.25) is 0 Å². The summed E-state index contributed by atoms with van der Waals surface area (Å²) in [5, 5.41) is 15.4. The van der Waals surface area contributed by atoms with Crippen LogP contribution in [0.3, 0.4) is 0 Å². The van der Waals surface area contributed by atoms with Gasteiger partial charge < -0.3 is 20.5 Å². The Morgan fingerprint density at radius 2 is 2.12 bits per heavy atom. The van der Waals surface area contributed by atoms with Gasteiger partial charge in [-0.25, -0.2) is 4.79 Å². The van der Waals surface area contributed by atoms with Gasteiger partial charge in [0.1, 0.15) is 5.75 Å². The fourth-order valence-corrected chi connectivity index (χ4v) is 1.49. The highest BCUT2D eigenvalue weighted by Crippen LogP contribution is 2.22. The molecule has 3 N–H and O–H groups in total. The Morgan fingerprint density at radius 3 is 2.76 bits per heavy atom. The number of carbonyl (C=O) groups is 1. The highest BCUT2D eigenvalue weighted by atomic mass is 16.5. The Hall–Kier alpha value is -1.75. The highest BCUT2D eigenvalue weighted by molar-refractivity contribution is 5.66. The van der Waals surface area contributed by atoms with Crippen LogP contribution >= 0.6 is 0 Å². The van der Waals surface area contributed by atoms with Gasteiger partial charge in [0.05, 0.1) is 7.11 Å². The van der Waals surface area contributed by atoms with E-state index in [1.165, 1.54) is 7.11 Å². The Morgan fingerprint density at radius 1 is 1.41 bits per heavy atom. The van der Waals surface area contributed by atoms with Crippen LogP contribution in [0.1, 0.15) is 18.5 Å². The molecule has 94 valence electrons. The van der Waals surface area contributed by atoms with Crippen molar-refractivity contribution >= 4 is 6.09 Å². The Balaban J connectivity index is 2.33. The molecule has 0 aliphatic carbocycles. The molecule has 0 aliphatic heterocycles. The van der Waals surface area contributed by atoms with Crippen LogP contribution in [0.2, 0.25) is 0 Å². The van der Waals surface area contributed by atoms with Gasteiger partial charge in [-0.2, -0.15) is 0 Å². The number of para-hydroxylation sites is 1. The highest BCUT2D eigenvalue weighted by Gasteiger charge is 2.08. The first-order chi connectivity index (χ1) is 8.15. The number of phenols is 1. The molecule has 0 fully saturated rings. The van der Waals surface area contributed by atoms with E-state index in [-0.39, 0.29) is 11.8 Å². The van der Waals surface area contributed by atoms with E-state index in [9.17, 15) is 9.90 Å². The second-order valence-electron chi connectivity index (χ2n) is 3.65. The number of benzene rings is 1. The minimum Gasteiger partial charge on any atom is -0.508 e. The van der Waals surface area contributed by atoms with Gasteiger partial charge in [-0.05, 0) is 13.0 Å². The van der Waals surface area contributed by atoms with Crippen LogP contribution < -0.4 is 10.6 Å². The molecular formula is C12H18N2O3. The number of alkyl carbamates (subject to hydrolysis) is 1. The molecule has 1 aromatic rings. The number of aromatic hydroxyl groups is 1. The Labute approximate surface area is 101 Å². The minimum atomic E-state index is -0.443. The number of hydrogen-bond donors (Lipinski definition) is 3. The molecule has 1 atom stereocenters. The maximum atomic E-state index is 10.8. The third-order valence-electron chi connectivity index (χ3n) is 2.43. The molecule has 17 heavy (non-hydrogen) atoms. The molecule has 0 radical (unpaired) electrons. The van der Waals surface area contributed by atoms with E-state index < -0.39 is 6.09 Å². The van der Waals surface area contributed by atoms with Gasteiger partial charge in [-0.1, -0.05) is 18.2 Å². The van der Waals surface area contributed by atoms with Crippen molar-refractivity contribution in [2.24, 2.45) is 0 Å². The van der Waals surface area contributed by atoms with E-state index in [1.54, 1.807) is 12.1 Å². The topological polar surface area (TPSA) is 70.6 Å². The summed E-state index contributed by atoms with van der Waals surface area (Å²) in [7, 11) is 1.33. The van der Waals surface area contributed by atoms with E-state index in [0.29, 0.717) is 13.1 Å². The van der Waals surface area contributed by atoms with Crippen molar-refractivity contribution in [3.05, 3.63) is 29.8 Å². The molecule has 1 unspecified atom stereocenters. The predicted molar refractivity (Wildman–Crippen MR) is 64.9 cm³/mol. The first kappa shape index (κ1) is 13.3. The largest absolute Gasteiger partial charge is 0.508 e. The minimum absolute atomic E-state index is 0.0237. The normalized spacial score (nSPS) is 11.9. The van der Waals surface area contributed by atoms with E-state index in [2.05, 4.69) is 15.4 Å². The van der Waals surface area contributed by atoms with Gasteiger partial charge >= 0.3 is 6.09 Å². The number of ether oxygens (including phenoxy) is 1. The Kier molecular flexibility index (Phi) is 5.29. The van der Waals surface area contributed by atoms with Gasteiger partial charge in [-0.15, -0.1) is 0 Å². The zero-order valence-corrected chi connectivity index (χ0v) is 10.1. The molecule has 5 heteroatoms. The van der Waals surface area contributed by atoms with Crippen molar-refractivity contribution in [2.45, 2.75) is 13.0 Å². The number of phenolic OH excluding ortho intramolecular Hbond substituents is 1. The number of hydrogen-bond acceptors (Lipinski definition) is 4. The summed E-state index contributed by atoms with van der Waals surface area (Å²) in [6, 6.07) is 7.20. The van der Waals surface area contributed by atoms with Crippen LogP contribution in [0.25, 0.3) is 0 Å². The van der Waals surface area contributed by atoms with Crippen LogP contribution in [0, 0.1) is 0 Å². The third-order valence-corrected chi connectivity index (χ3v) is 2.43. The summed E-state index contributed by atoms with van der Waals surface area (Å²) in [5.41, 5.74) is 0.838. The molecule has 0 saturated carbocycles. The first-order valence-electron chi connectivity index (χ1n) is 5.48. The Bertz CT molecular complexity index is 369. The van der Waals surface area contributed by atoms with Gasteiger partial charge in [0, 0.05) is 24.7 Å². The molecule has 5 nitrogen and oxygen atoms in total. The SMILES string of the molecule is COC(=O)NCCNC(C)c1ccccc1O. The molecule has 0 aromatic heterocycles. The van der Waals surface area contributed by atoms with Gasteiger partial charge in [0.15, 0.2) is 0 Å². The lowest BCUT2D eigenvalue weighted by Gasteiger charge is -2.15. The summed E-state index contributed by atoms with van der Waals surface area (Å²) >= 11 is 0. The van der Waals surface area contributed by atoms with E-state index in [0.717, 1.165) is 5.56 Å². The van der Waals surface area contributed by atoms with Crippen LogP contribution in [-0.2, 0) is 4.74 Å². The molecule has 0 saturated heterocycles. The molecule has 1 amide bonds. The summed E-state index contributed by atoms with van der Waals surface area (Å²) in [4.78, 5) is 10.8. The molecule has 0 heterocycles. The third kappa shape index (κ3) is 4.32. The molecular weight excluding hydrogens is 220 g/mol. The molecule has 0 bridgehead atoms. The zero-order chi connectivity index (χ0) is 12.7. The molecule has 0 spiro atoms. The molecule has 1 rings (SSSR count). The monoisotopic (exact) mass is 238 g/mol. The molecule has 0 aliphatic rings. The quantitative estimate of drug-likeness (QED) is 0.678. The summed E-state index contributed by atoms with van der Waals surface area (Å²) in [6.45, 7) is 3.03. The van der Waals surface area contributed by atoms with Crippen LogP contribution in [0.5, 0.6) is 5.75 Å². The molecule has 1 aromatic carbocycles. The van der Waals surface area contributed by atoms with E-state index in [1.807, 2.05) is 19.1 Å². The van der Waals surface area contributed by atoms with Crippen molar-refractivity contribution in [3.63, 3.8) is 0 Å². The number of methoxy groups -OCH3 is 1.